The average molecular weight is 331 g/mol. The molecular weight excluding hydrogens is 312 g/mol. The van der Waals surface area contributed by atoms with Gasteiger partial charge in [0.25, 0.3) is 0 Å². The molecule has 0 saturated carbocycles. The topological polar surface area (TPSA) is 66.5 Å². The summed E-state index contributed by atoms with van der Waals surface area (Å²) in [6, 6.07) is 7.02. The molecule has 2 rings (SSSR count). The molecule has 1 unspecified atom stereocenters. The van der Waals surface area contributed by atoms with Crippen molar-refractivity contribution < 1.29 is 13.2 Å². The lowest BCUT2D eigenvalue weighted by atomic mass is 10.1. The number of hydrogen-bond donors (Lipinski definition) is 1. The number of carbonyl (C=O) groups is 1. The van der Waals surface area contributed by atoms with Gasteiger partial charge in [0.2, 0.25) is 0 Å². The van der Waals surface area contributed by atoms with Crippen LogP contribution in [0.2, 0.25) is 5.02 Å². The van der Waals surface area contributed by atoms with Crippen molar-refractivity contribution >= 4 is 27.5 Å². The van der Waals surface area contributed by atoms with E-state index < -0.39 is 9.84 Å². The van der Waals surface area contributed by atoms with E-state index in [2.05, 4.69) is 5.32 Å². The van der Waals surface area contributed by atoms with Crippen LogP contribution in [0, 0.1) is 0 Å². The summed E-state index contributed by atoms with van der Waals surface area (Å²) in [4.78, 5) is 13.5. The number of amides is 2. The van der Waals surface area contributed by atoms with Crippen LogP contribution in [0.25, 0.3) is 0 Å². The Labute approximate surface area is 130 Å². The summed E-state index contributed by atoms with van der Waals surface area (Å²) in [5.74, 6) is 0.219. The van der Waals surface area contributed by atoms with Crippen molar-refractivity contribution in [2.24, 2.45) is 0 Å². The minimum absolute atomic E-state index is 0.0570. The first-order valence-corrected chi connectivity index (χ1v) is 9.03. The summed E-state index contributed by atoms with van der Waals surface area (Å²) in [6.07, 6.45) is 1.15. The maximum absolute atomic E-state index is 12.0. The van der Waals surface area contributed by atoms with Crippen molar-refractivity contribution in [1.29, 1.82) is 0 Å². The van der Waals surface area contributed by atoms with E-state index in [1.165, 1.54) is 4.90 Å². The molecule has 1 aliphatic rings. The molecular formula is C14H19ClN2O3S. The summed E-state index contributed by atoms with van der Waals surface area (Å²) >= 11 is 6.05. The largest absolute Gasteiger partial charge is 0.338 e. The summed E-state index contributed by atoms with van der Waals surface area (Å²) in [5.41, 5.74) is 0.977. The number of halogens is 1. The Balaban J connectivity index is 1.81. The molecule has 7 heteroatoms. The fraction of sp³-hybridized carbons (Fsp3) is 0.500. The zero-order chi connectivity index (χ0) is 15.5. The average Bonchev–Trinajstić information content (AvgIpc) is 2.80. The zero-order valence-corrected chi connectivity index (χ0v) is 13.5. The molecule has 1 aromatic rings. The minimum Gasteiger partial charge on any atom is -0.338 e. The summed E-state index contributed by atoms with van der Waals surface area (Å²) in [7, 11) is -1.35. The molecule has 116 valence electrons. The summed E-state index contributed by atoms with van der Waals surface area (Å²) in [6.45, 7) is 0.465. The second-order valence-corrected chi connectivity index (χ2v) is 7.88. The Morgan fingerprint density at radius 3 is 2.76 bits per heavy atom. The fourth-order valence-electron chi connectivity index (χ4n) is 2.38. The highest BCUT2D eigenvalue weighted by molar-refractivity contribution is 7.91. The Kier molecular flexibility index (Phi) is 5.11. The van der Waals surface area contributed by atoms with E-state index in [4.69, 9.17) is 11.6 Å². The molecule has 1 atom stereocenters. The zero-order valence-electron chi connectivity index (χ0n) is 11.9. The third kappa shape index (κ3) is 4.35. The van der Waals surface area contributed by atoms with Crippen molar-refractivity contribution in [3.8, 4) is 0 Å². The molecule has 0 bridgehead atoms. The molecule has 0 aromatic heterocycles. The van der Waals surface area contributed by atoms with Gasteiger partial charge in [0.15, 0.2) is 9.84 Å². The molecule has 0 spiro atoms. The number of nitrogens with zero attached hydrogens (tertiary/aromatic N) is 1. The smallest absolute Gasteiger partial charge is 0.317 e. The van der Waals surface area contributed by atoms with Crippen LogP contribution in [-0.2, 0) is 16.3 Å². The number of nitrogens with one attached hydrogen (secondary N) is 1. The third-order valence-corrected chi connectivity index (χ3v) is 5.82. The molecule has 1 heterocycles. The number of urea groups is 1. The van der Waals surface area contributed by atoms with Crippen LogP contribution in [0.4, 0.5) is 4.79 Å². The second-order valence-electron chi connectivity index (χ2n) is 5.24. The first-order chi connectivity index (χ1) is 9.89. The van der Waals surface area contributed by atoms with Gasteiger partial charge in [-0.3, -0.25) is 0 Å². The van der Waals surface area contributed by atoms with Crippen LogP contribution < -0.4 is 5.32 Å². The van der Waals surface area contributed by atoms with Crippen molar-refractivity contribution in [2.75, 3.05) is 25.1 Å². The van der Waals surface area contributed by atoms with Crippen LogP contribution in [0.15, 0.2) is 24.3 Å². The van der Waals surface area contributed by atoms with Crippen molar-refractivity contribution in [2.45, 2.75) is 18.9 Å². The highest BCUT2D eigenvalue weighted by Gasteiger charge is 2.32. The van der Waals surface area contributed by atoms with E-state index in [0.29, 0.717) is 24.4 Å². The van der Waals surface area contributed by atoms with E-state index in [1.54, 1.807) is 7.05 Å². The lowest BCUT2D eigenvalue weighted by Crippen LogP contribution is -2.44. The molecule has 0 aliphatic carbocycles. The third-order valence-electron chi connectivity index (χ3n) is 3.70. The lowest BCUT2D eigenvalue weighted by Gasteiger charge is -2.23. The number of sulfone groups is 1. The highest BCUT2D eigenvalue weighted by atomic mass is 35.5. The van der Waals surface area contributed by atoms with Crippen LogP contribution >= 0.6 is 11.6 Å². The number of hydrogen-bond acceptors (Lipinski definition) is 3. The monoisotopic (exact) mass is 330 g/mol. The lowest BCUT2D eigenvalue weighted by molar-refractivity contribution is 0.195. The molecule has 1 saturated heterocycles. The Morgan fingerprint density at radius 1 is 1.43 bits per heavy atom. The molecule has 1 aromatic carbocycles. The van der Waals surface area contributed by atoms with E-state index in [0.717, 1.165) is 5.56 Å². The summed E-state index contributed by atoms with van der Waals surface area (Å²) < 4.78 is 22.9. The van der Waals surface area contributed by atoms with Crippen molar-refractivity contribution in [1.82, 2.24) is 10.2 Å². The summed E-state index contributed by atoms with van der Waals surface area (Å²) in [5, 5.41) is 3.48. The number of carbonyl (C=O) groups excluding carboxylic acids is 1. The first kappa shape index (κ1) is 16.1. The Bertz CT molecular complexity index is 618. The van der Waals surface area contributed by atoms with Gasteiger partial charge in [-0.05, 0) is 24.5 Å². The second kappa shape index (κ2) is 6.66. The van der Waals surface area contributed by atoms with Gasteiger partial charge in [-0.25, -0.2) is 13.2 Å². The van der Waals surface area contributed by atoms with Crippen LogP contribution in [0.3, 0.4) is 0 Å². The maximum Gasteiger partial charge on any atom is 0.317 e. The van der Waals surface area contributed by atoms with E-state index in [-0.39, 0.29) is 23.6 Å². The quantitative estimate of drug-likeness (QED) is 0.914. The highest BCUT2D eigenvalue weighted by Crippen LogP contribution is 2.17. The van der Waals surface area contributed by atoms with E-state index >= 15 is 0 Å². The van der Waals surface area contributed by atoms with Crippen molar-refractivity contribution in [3.63, 3.8) is 0 Å². The van der Waals surface area contributed by atoms with Gasteiger partial charge < -0.3 is 10.2 Å². The van der Waals surface area contributed by atoms with Gasteiger partial charge in [-0.2, -0.15) is 0 Å². The SMILES string of the molecule is CN(C(=O)NCCc1ccccc1Cl)C1CCS(=O)(=O)C1. The van der Waals surface area contributed by atoms with Crippen LogP contribution in [0.1, 0.15) is 12.0 Å². The Morgan fingerprint density at radius 2 is 2.14 bits per heavy atom. The van der Waals surface area contributed by atoms with Gasteiger partial charge in [0.1, 0.15) is 0 Å². The predicted molar refractivity (Wildman–Crippen MR) is 83.4 cm³/mol. The van der Waals surface area contributed by atoms with Gasteiger partial charge in [0, 0.05) is 24.7 Å². The number of benzene rings is 1. The standard InChI is InChI=1S/C14H19ClN2O3S/c1-17(12-7-9-21(19,20)10-12)14(18)16-8-6-11-4-2-3-5-13(11)15/h2-5,12H,6-10H2,1H3,(H,16,18). The molecule has 1 N–H and O–H groups in total. The molecule has 21 heavy (non-hydrogen) atoms. The molecule has 0 radical (unpaired) electrons. The van der Waals surface area contributed by atoms with Gasteiger partial charge in [0.05, 0.1) is 11.5 Å². The van der Waals surface area contributed by atoms with Gasteiger partial charge in [-0.15, -0.1) is 0 Å². The van der Waals surface area contributed by atoms with Crippen molar-refractivity contribution in [3.05, 3.63) is 34.9 Å². The number of rotatable bonds is 4. The van der Waals surface area contributed by atoms with Crippen LogP contribution in [0.5, 0.6) is 0 Å². The van der Waals surface area contributed by atoms with E-state index in [9.17, 15) is 13.2 Å². The molecule has 1 aliphatic heterocycles. The maximum atomic E-state index is 12.0. The van der Waals surface area contributed by atoms with Gasteiger partial charge >= 0.3 is 6.03 Å². The molecule has 5 nitrogen and oxygen atoms in total. The Hall–Kier alpha value is -1.27. The van der Waals surface area contributed by atoms with Gasteiger partial charge in [-0.1, -0.05) is 29.8 Å². The first-order valence-electron chi connectivity index (χ1n) is 6.83. The normalized spacial score (nSPS) is 20.2. The predicted octanol–water partition coefficient (Wildman–Crippen LogP) is 1.71. The van der Waals surface area contributed by atoms with E-state index in [1.807, 2.05) is 24.3 Å². The van der Waals surface area contributed by atoms with Crippen LogP contribution in [-0.4, -0.2) is 50.5 Å². The molecule has 1 fully saturated rings. The molecule has 2 amide bonds. The minimum atomic E-state index is -2.98. The fourth-order valence-corrected chi connectivity index (χ4v) is 4.38.